The van der Waals surface area contributed by atoms with Gasteiger partial charge in [0.2, 0.25) is 0 Å². The summed E-state index contributed by atoms with van der Waals surface area (Å²) in [6.45, 7) is -0.534. The van der Waals surface area contributed by atoms with Gasteiger partial charge in [-0.05, 0) is 4.90 Å². The molecular formula is C9H10N4O7. The summed E-state index contributed by atoms with van der Waals surface area (Å²) in [6.07, 6.45) is -4.13. The molecule has 0 amide bonds. The summed E-state index contributed by atoms with van der Waals surface area (Å²) in [5, 5.41) is 43.0. The molecule has 3 N–H and O–H groups in total. The predicted octanol–water partition coefficient (Wildman–Crippen LogP) is -3.37. The van der Waals surface area contributed by atoms with Crippen molar-refractivity contribution in [2.75, 3.05) is 6.61 Å². The number of hydrogen-bond acceptors (Lipinski definition) is 9. The van der Waals surface area contributed by atoms with E-state index in [1.807, 2.05) is 0 Å². The van der Waals surface area contributed by atoms with E-state index in [-0.39, 0.29) is 10.6 Å². The number of ether oxygens (including phenoxy) is 1. The first kappa shape index (κ1) is 12.9. The molecule has 1 fully saturated rings. The van der Waals surface area contributed by atoms with Crippen molar-refractivity contribution < 1.29 is 29.6 Å². The van der Waals surface area contributed by atoms with Crippen molar-refractivity contribution in [3.8, 4) is 0 Å². The van der Waals surface area contributed by atoms with Gasteiger partial charge in [-0.15, -0.1) is 0 Å². The highest BCUT2D eigenvalue weighted by Crippen LogP contribution is 2.28. The van der Waals surface area contributed by atoms with Gasteiger partial charge < -0.3 is 25.3 Å². The van der Waals surface area contributed by atoms with E-state index in [1.165, 1.54) is 0 Å². The first-order chi connectivity index (χ1) is 9.54. The lowest BCUT2D eigenvalue weighted by Gasteiger charge is -2.16. The normalized spacial score (nSPS) is 30.1. The molecule has 0 aliphatic carbocycles. The molecule has 0 aromatic carbocycles. The maximum absolute atomic E-state index is 12.1. The molecular weight excluding hydrogens is 276 g/mol. The molecule has 1 saturated heterocycles. The largest absolute Gasteiger partial charge is 0.394 e. The Bertz CT molecular complexity index is 697. The van der Waals surface area contributed by atoms with Crippen LogP contribution in [-0.4, -0.2) is 54.9 Å². The van der Waals surface area contributed by atoms with Gasteiger partial charge >= 0.3 is 16.7 Å². The second-order valence-electron chi connectivity index (χ2n) is 4.29. The number of nitrogens with zero attached hydrogens (tertiary/aromatic N) is 4. The van der Waals surface area contributed by atoms with Crippen molar-refractivity contribution >= 4 is 11.2 Å². The quantitative estimate of drug-likeness (QED) is 0.479. The summed E-state index contributed by atoms with van der Waals surface area (Å²) in [4.78, 5) is 15.7. The molecule has 2 aromatic rings. The van der Waals surface area contributed by atoms with Crippen LogP contribution < -0.4 is 10.5 Å². The first-order valence-corrected chi connectivity index (χ1v) is 5.63. The van der Waals surface area contributed by atoms with Gasteiger partial charge in [0.05, 0.1) is 11.8 Å². The molecule has 0 spiro atoms. The van der Waals surface area contributed by atoms with Crippen molar-refractivity contribution in [2.45, 2.75) is 24.5 Å². The molecule has 1 aliphatic heterocycles. The summed E-state index contributed by atoms with van der Waals surface area (Å²) in [5.41, 5.74) is -1.49. The fourth-order valence-corrected chi connectivity index (χ4v) is 2.08. The van der Waals surface area contributed by atoms with E-state index in [1.54, 1.807) is 0 Å². The third kappa shape index (κ3) is 1.68. The monoisotopic (exact) mass is 286 g/mol. The van der Waals surface area contributed by atoms with Crippen LogP contribution in [0, 0.1) is 5.21 Å². The zero-order valence-corrected chi connectivity index (χ0v) is 9.86. The van der Waals surface area contributed by atoms with Crippen molar-refractivity contribution in [3.05, 3.63) is 21.9 Å². The Hall–Kier alpha value is -2.08. The van der Waals surface area contributed by atoms with Crippen LogP contribution >= 0.6 is 0 Å². The van der Waals surface area contributed by atoms with Crippen molar-refractivity contribution in [3.63, 3.8) is 0 Å². The van der Waals surface area contributed by atoms with Crippen LogP contribution in [0.2, 0.25) is 0 Å². The third-order valence-electron chi connectivity index (χ3n) is 3.13. The van der Waals surface area contributed by atoms with Crippen molar-refractivity contribution in [2.24, 2.45) is 0 Å². The van der Waals surface area contributed by atoms with E-state index >= 15 is 0 Å². The smallest absolute Gasteiger partial charge is 0.347 e. The molecule has 3 rings (SSSR count). The number of aliphatic hydroxyl groups excluding tert-OH is 3. The minimum absolute atomic E-state index is 0.109. The van der Waals surface area contributed by atoms with Gasteiger partial charge in [-0.25, -0.2) is 0 Å². The summed E-state index contributed by atoms with van der Waals surface area (Å²) in [5.74, 6) is 0. The summed E-state index contributed by atoms with van der Waals surface area (Å²) >= 11 is 0. The van der Waals surface area contributed by atoms with Crippen molar-refractivity contribution in [1.29, 1.82) is 0 Å². The molecule has 11 heteroatoms. The minimum Gasteiger partial charge on any atom is -0.394 e. The lowest BCUT2D eigenvalue weighted by Crippen LogP contribution is -2.38. The zero-order chi connectivity index (χ0) is 14.4. The fourth-order valence-electron chi connectivity index (χ4n) is 2.08. The first-order valence-electron chi connectivity index (χ1n) is 5.63. The molecule has 0 radical (unpaired) electrons. The Morgan fingerprint density at radius 3 is 2.85 bits per heavy atom. The second kappa shape index (κ2) is 4.49. The van der Waals surface area contributed by atoms with Gasteiger partial charge in [-0.2, -0.15) is 4.98 Å². The lowest BCUT2D eigenvalue weighted by molar-refractivity contribution is -0.782. The van der Waals surface area contributed by atoms with Crippen LogP contribution in [0.1, 0.15) is 6.23 Å². The molecule has 0 unspecified atom stereocenters. The summed E-state index contributed by atoms with van der Waals surface area (Å²) in [6, 6.07) is 0. The van der Waals surface area contributed by atoms with E-state index in [0.29, 0.717) is 0 Å². The van der Waals surface area contributed by atoms with E-state index < -0.39 is 42.2 Å². The maximum Gasteiger partial charge on any atom is 0.347 e. The molecule has 20 heavy (non-hydrogen) atoms. The third-order valence-corrected chi connectivity index (χ3v) is 3.13. The van der Waals surface area contributed by atoms with Gasteiger partial charge in [0.25, 0.3) is 0 Å². The van der Waals surface area contributed by atoms with Crippen LogP contribution in [0.5, 0.6) is 0 Å². The molecule has 11 nitrogen and oxygen atoms in total. The molecule has 2 aromatic heterocycles. The van der Waals surface area contributed by atoms with E-state index in [0.717, 1.165) is 10.9 Å². The highest BCUT2D eigenvalue weighted by Gasteiger charge is 2.44. The topological polar surface area (TPSA) is 158 Å². The average molecular weight is 286 g/mol. The second-order valence-corrected chi connectivity index (χ2v) is 4.29. The average Bonchev–Trinajstić information content (AvgIpc) is 2.94. The lowest BCUT2D eigenvalue weighted by atomic mass is 10.1. The zero-order valence-electron chi connectivity index (χ0n) is 9.86. The molecule has 3 heterocycles. The number of rotatable bonds is 2. The predicted molar refractivity (Wildman–Crippen MR) is 58.0 cm³/mol. The molecule has 0 bridgehead atoms. The molecule has 0 saturated carbocycles. The van der Waals surface area contributed by atoms with Crippen LogP contribution in [0.25, 0.3) is 11.2 Å². The van der Waals surface area contributed by atoms with E-state index in [4.69, 9.17) is 9.84 Å². The van der Waals surface area contributed by atoms with Gasteiger partial charge in [0.15, 0.2) is 6.23 Å². The Balaban J connectivity index is 2.09. The van der Waals surface area contributed by atoms with Crippen LogP contribution in [0.15, 0.2) is 15.8 Å². The maximum atomic E-state index is 12.1. The summed E-state index contributed by atoms with van der Waals surface area (Å²) in [7, 11) is 0. The van der Waals surface area contributed by atoms with Crippen molar-refractivity contribution in [1.82, 2.24) is 14.7 Å². The van der Waals surface area contributed by atoms with Gasteiger partial charge in [0.1, 0.15) is 24.6 Å². The molecule has 1 aliphatic rings. The van der Waals surface area contributed by atoms with E-state index in [2.05, 4.69) is 14.8 Å². The van der Waals surface area contributed by atoms with Gasteiger partial charge in [0, 0.05) is 0 Å². The van der Waals surface area contributed by atoms with Crippen LogP contribution in [0.4, 0.5) is 0 Å². The Morgan fingerprint density at radius 2 is 2.20 bits per heavy atom. The molecule has 4 atom stereocenters. The van der Waals surface area contributed by atoms with Gasteiger partial charge in [-0.1, -0.05) is 0 Å². The van der Waals surface area contributed by atoms with Crippen LogP contribution in [0.3, 0.4) is 0 Å². The number of fused-ring (bicyclic) bond motifs is 1. The fraction of sp³-hybridized carbons (Fsp3) is 0.556. The highest BCUT2D eigenvalue weighted by atomic mass is 16.8. The number of hydrogen-bond donors (Lipinski definition) is 3. The van der Waals surface area contributed by atoms with E-state index in [9.17, 15) is 20.2 Å². The summed E-state index contributed by atoms with van der Waals surface area (Å²) < 4.78 is 10.3. The molecule has 108 valence electrons. The Kier molecular flexibility index (Phi) is 2.90. The highest BCUT2D eigenvalue weighted by molar-refractivity contribution is 5.62. The minimum atomic E-state index is -1.45. The van der Waals surface area contributed by atoms with Gasteiger partial charge in [-0.3, -0.25) is 14.0 Å². The SMILES string of the molecule is O=c1c2c(ncn1[C@@H]1O[C@@H](CO)[C@@H](O)[C@@H]1O)no[n+]2[O-]. The number of aliphatic hydroxyl groups is 3. The Labute approximate surface area is 109 Å². The Morgan fingerprint density at radius 1 is 1.45 bits per heavy atom. The van der Waals surface area contributed by atoms with Crippen LogP contribution in [-0.2, 0) is 4.74 Å². The number of aromatic nitrogens is 4. The standard InChI is InChI=1S/C9H10N4O7/c14-1-3-5(15)6(16)9(19-3)12-2-10-7-4(8(12)17)13(18)20-11-7/h2-3,5-6,9,14-16H,1H2/t3-,5+,6-,9+/m0/s1.